The molecule has 0 amide bonds. The summed E-state index contributed by atoms with van der Waals surface area (Å²) < 4.78 is 9.88. The van der Waals surface area contributed by atoms with Crippen molar-refractivity contribution in [1.29, 1.82) is 0 Å². The second kappa shape index (κ2) is 10.1. The summed E-state index contributed by atoms with van der Waals surface area (Å²) in [5.74, 6) is 0. The van der Waals surface area contributed by atoms with Crippen LogP contribution in [-0.4, -0.2) is 15.7 Å². The smallest absolute Gasteiger partial charge is 0.269 e. The predicted octanol–water partition coefficient (Wildman–Crippen LogP) is 7.56. The molecular weight excluding hydrogens is 517 g/mol. The number of fused-ring (bicyclic) bond motifs is 1. The third kappa shape index (κ3) is 4.16. The Balaban J connectivity index is 1.73. The van der Waals surface area contributed by atoms with E-state index in [1.807, 2.05) is 54.7 Å². The highest BCUT2D eigenvalue weighted by Gasteiger charge is 2.41. The minimum Gasteiger partial charge on any atom is -0.317 e. The quantitative estimate of drug-likeness (QED) is 0.130. The number of rotatable bonds is 5. The van der Waals surface area contributed by atoms with Crippen LogP contribution in [0.2, 0.25) is 0 Å². The first-order valence-electron chi connectivity index (χ1n) is 13.0. The average molecular weight is 546 g/mol. The van der Waals surface area contributed by atoms with E-state index in [2.05, 4.69) is 66.5 Å². The monoisotopic (exact) mass is 545 g/mol. The van der Waals surface area contributed by atoms with Crippen LogP contribution in [0.4, 0.5) is 17.1 Å². The molecule has 2 heterocycles. The molecule has 0 aliphatic carbocycles. The van der Waals surface area contributed by atoms with Crippen LogP contribution < -0.4 is 15.4 Å². The van der Waals surface area contributed by atoms with E-state index < -0.39 is 7.21 Å². The zero-order valence-corrected chi connectivity index (χ0v) is 23.4. The molecule has 198 valence electrons. The maximum Gasteiger partial charge on any atom is 0.269 e. The van der Waals surface area contributed by atoms with E-state index in [-0.39, 0.29) is 10.6 Å². The van der Waals surface area contributed by atoms with Gasteiger partial charge < -0.3 is 4.57 Å². The Morgan fingerprint density at radius 1 is 0.750 bits per heavy atom. The van der Waals surface area contributed by atoms with E-state index in [4.69, 9.17) is 9.85 Å². The summed E-state index contributed by atoms with van der Waals surface area (Å²) in [5, 5.41) is 18.6. The zero-order valence-electron chi connectivity index (χ0n) is 22.5. The van der Waals surface area contributed by atoms with Gasteiger partial charge in [-0.15, -0.1) is 0 Å². The number of hydrogen-bond donors (Lipinski definition) is 0. The maximum absolute atomic E-state index is 11.4. The number of aromatic nitrogens is 1. The molecule has 0 spiro atoms. The Kier molecular flexibility index (Phi) is 6.45. The third-order valence-corrected chi connectivity index (χ3v) is 10.9. The van der Waals surface area contributed by atoms with Crippen LogP contribution >= 0.6 is 7.21 Å². The fraction of sp³-hybridized carbons (Fsp3) is 0.0938. The van der Waals surface area contributed by atoms with E-state index in [0.29, 0.717) is 5.69 Å². The lowest BCUT2D eigenvalue weighted by atomic mass is 10.2. The second-order valence-corrected chi connectivity index (χ2v) is 12.5. The maximum atomic E-state index is 11.4. The van der Waals surface area contributed by atoms with Gasteiger partial charge in [-0.1, -0.05) is 66.2 Å². The Hall–Kier alpha value is -4.74. The first-order chi connectivity index (χ1) is 19.4. The number of nitro groups is 1. The topological polar surface area (TPSA) is 76.0 Å². The number of anilines is 1. The number of nitrogens with zero attached hydrogens (tertiary/aromatic N) is 5. The molecule has 0 N–H and O–H groups in total. The van der Waals surface area contributed by atoms with Crippen LogP contribution in [0.25, 0.3) is 5.69 Å². The van der Waals surface area contributed by atoms with E-state index >= 15 is 0 Å². The molecule has 1 aliphatic rings. The summed E-state index contributed by atoms with van der Waals surface area (Å²) in [6.45, 7) is 6.36. The van der Waals surface area contributed by atoms with Gasteiger partial charge in [0.05, 0.1) is 22.5 Å². The van der Waals surface area contributed by atoms with Crippen molar-refractivity contribution < 1.29 is 4.92 Å². The minimum absolute atomic E-state index is 0.0332. The minimum atomic E-state index is -2.83. The number of aryl methyl sites for hydroxylation is 1. The van der Waals surface area contributed by atoms with Crippen molar-refractivity contribution in [2.24, 2.45) is 9.85 Å². The number of hydrogen-bond acceptors (Lipinski definition) is 4. The Bertz CT molecular complexity index is 1790. The van der Waals surface area contributed by atoms with E-state index in [1.165, 1.54) is 17.7 Å². The number of para-hydroxylation sites is 1. The van der Waals surface area contributed by atoms with Gasteiger partial charge in [0.1, 0.15) is 7.21 Å². The molecule has 7 nitrogen and oxygen atoms in total. The zero-order chi connectivity index (χ0) is 27.9. The molecule has 5 aromatic rings. The summed E-state index contributed by atoms with van der Waals surface area (Å²) in [6.07, 6.45) is 1.95. The van der Waals surface area contributed by atoms with Gasteiger partial charge in [-0.2, -0.15) is 5.10 Å². The molecule has 0 bridgehead atoms. The summed E-state index contributed by atoms with van der Waals surface area (Å²) in [5.41, 5.74) is 7.12. The molecule has 0 saturated carbocycles. The van der Waals surface area contributed by atoms with Gasteiger partial charge in [-0.05, 0) is 57.2 Å². The molecule has 8 heteroatoms. The molecule has 0 saturated heterocycles. The molecule has 1 aliphatic heterocycles. The van der Waals surface area contributed by atoms with Crippen molar-refractivity contribution in [2.75, 3.05) is 4.78 Å². The number of hydrazone groups is 1. The van der Waals surface area contributed by atoms with Crippen LogP contribution in [-0.2, 0) is 0 Å². The number of benzene rings is 4. The molecule has 4 aromatic carbocycles. The lowest BCUT2D eigenvalue weighted by molar-refractivity contribution is -0.384. The normalized spacial score (nSPS) is 16.0. The highest BCUT2D eigenvalue weighted by Crippen LogP contribution is 2.58. The molecular formula is C32H28N5O2P. The van der Waals surface area contributed by atoms with Crippen molar-refractivity contribution in [3.63, 3.8) is 0 Å². The van der Waals surface area contributed by atoms with Crippen molar-refractivity contribution in [2.45, 2.75) is 20.8 Å². The van der Waals surface area contributed by atoms with E-state index in [0.717, 1.165) is 38.9 Å². The van der Waals surface area contributed by atoms with Crippen molar-refractivity contribution in [3.8, 4) is 5.69 Å². The summed E-state index contributed by atoms with van der Waals surface area (Å²) in [4.78, 5) is 11.0. The Labute approximate surface area is 233 Å². The molecule has 40 heavy (non-hydrogen) atoms. The Morgan fingerprint density at radius 2 is 1.38 bits per heavy atom. The van der Waals surface area contributed by atoms with Crippen LogP contribution in [0.3, 0.4) is 0 Å². The lowest BCUT2D eigenvalue weighted by Crippen LogP contribution is -2.34. The third-order valence-electron chi connectivity index (χ3n) is 7.26. The molecule has 0 radical (unpaired) electrons. The van der Waals surface area contributed by atoms with Crippen LogP contribution in [0.5, 0.6) is 0 Å². The first kappa shape index (κ1) is 25.5. The molecule has 0 unspecified atom stereocenters. The molecule has 0 fully saturated rings. The number of nitro benzene ring substituents is 1. The largest absolute Gasteiger partial charge is 0.317 e. The van der Waals surface area contributed by atoms with Crippen LogP contribution in [0.15, 0.2) is 119 Å². The highest BCUT2D eigenvalue weighted by molar-refractivity contribution is 7.82. The summed E-state index contributed by atoms with van der Waals surface area (Å²) in [6, 6.07) is 35.4. The predicted molar refractivity (Wildman–Crippen MR) is 164 cm³/mol. The second-order valence-electron chi connectivity index (χ2n) is 9.78. The summed E-state index contributed by atoms with van der Waals surface area (Å²) in [7, 11) is -2.83. The lowest BCUT2D eigenvalue weighted by Gasteiger charge is -2.38. The standard InChI is InChI=1S/C32H28N5O2P/c1-23-14-18-27(19-15-23)35-24(2)31-22-33-36(28-10-6-4-7-11-28)40(32(31)25(35)3,30-12-8-5-9-13-30)34-26-16-20-29(21-17-26)37(38)39/h4-22H,1-3H3/t40-/m0/s1. The van der Waals surface area contributed by atoms with Gasteiger partial charge in [-0.3, -0.25) is 10.1 Å². The molecule has 1 atom stereocenters. The summed E-state index contributed by atoms with van der Waals surface area (Å²) >= 11 is 0. The van der Waals surface area contributed by atoms with Crippen molar-refractivity contribution in [1.82, 2.24) is 4.57 Å². The van der Waals surface area contributed by atoms with Gasteiger partial charge in [0, 0.05) is 45.4 Å². The average Bonchev–Trinajstić information content (AvgIpc) is 3.24. The van der Waals surface area contributed by atoms with Gasteiger partial charge in [-0.25, -0.2) is 9.52 Å². The van der Waals surface area contributed by atoms with Crippen LogP contribution in [0.1, 0.15) is 22.5 Å². The fourth-order valence-corrected chi connectivity index (χ4v) is 9.18. The first-order valence-corrected chi connectivity index (χ1v) is 14.7. The van der Waals surface area contributed by atoms with Crippen molar-refractivity contribution in [3.05, 3.63) is 142 Å². The van der Waals surface area contributed by atoms with Crippen molar-refractivity contribution >= 4 is 41.1 Å². The molecule has 1 aromatic heterocycles. The molecule has 6 rings (SSSR count). The van der Waals surface area contributed by atoms with Gasteiger partial charge in [0.2, 0.25) is 0 Å². The van der Waals surface area contributed by atoms with Crippen LogP contribution in [0, 0.1) is 30.9 Å². The SMILES string of the molecule is Cc1ccc(-n2c(C)c3c(c2C)[P@](=Nc2ccc([N+](=O)[O-])cc2)(c2ccccc2)N(c2ccccc2)N=C3)cc1. The highest BCUT2D eigenvalue weighted by atomic mass is 31.2. The van der Waals surface area contributed by atoms with E-state index in [1.54, 1.807) is 12.1 Å². The Morgan fingerprint density at radius 3 is 2.00 bits per heavy atom. The van der Waals surface area contributed by atoms with Gasteiger partial charge in [0.25, 0.3) is 5.69 Å². The van der Waals surface area contributed by atoms with E-state index in [9.17, 15) is 10.1 Å². The fourth-order valence-electron chi connectivity index (χ4n) is 5.38. The van der Waals surface area contributed by atoms with Gasteiger partial charge >= 0.3 is 0 Å². The van der Waals surface area contributed by atoms with Gasteiger partial charge in [0.15, 0.2) is 0 Å². The number of non-ortho nitro benzene ring substituents is 1.